The fourth-order valence-electron chi connectivity index (χ4n) is 2.33. The third kappa shape index (κ3) is 4.74. The number of ether oxygens (including phenoxy) is 1. The number of hydrogen-bond donors (Lipinski definition) is 2. The van der Waals surface area contributed by atoms with Crippen LogP contribution >= 0.6 is 0 Å². The lowest BCUT2D eigenvalue weighted by molar-refractivity contribution is 0.411. The van der Waals surface area contributed by atoms with E-state index in [-0.39, 0.29) is 0 Å². The lowest BCUT2D eigenvalue weighted by Crippen LogP contribution is -2.23. The minimum Gasteiger partial charge on any atom is -0.496 e. The SMILES string of the molecule is COc1cc(CCN=C(N)Nc2ccc(C)c(C)c2)ccc1C. The fraction of sp³-hybridized carbons (Fsp3) is 0.316. The van der Waals surface area contributed by atoms with Gasteiger partial charge in [0.2, 0.25) is 0 Å². The quantitative estimate of drug-likeness (QED) is 0.655. The van der Waals surface area contributed by atoms with Gasteiger partial charge in [0, 0.05) is 12.2 Å². The van der Waals surface area contributed by atoms with Gasteiger partial charge in [-0.1, -0.05) is 18.2 Å². The molecule has 0 unspecified atom stereocenters. The zero-order valence-electron chi connectivity index (χ0n) is 14.3. The first-order valence-electron chi connectivity index (χ1n) is 7.77. The van der Waals surface area contributed by atoms with E-state index >= 15 is 0 Å². The van der Waals surface area contributed by atoms with Crippen molar-refractivity contribution >= 4 is 11.6 Å². The summed E-state index contributed by atoms with van der Waals surface area (Å²) in [5, 5.41) is 3.13. The number of anilines is 1. The first-order valence-corrected chi connectivity index (χ1v) is 7.77. The minimum atomic E-state index is 0.437. The highest BCUT2D eigenvalue weighted by atomic mass is 16.5. The molecular weight excluding hydrogens is 286 g/mol. The Morgan fingerprint density at radius 1 is 1.04 bits per heavy atom. The van der Waals surface area contributed by atoms with Crippen LogP contribution < -0.4 is 15.8 Å². The Kier molecular flexibility index (Phi) is 5.63. The Morgan fingerprint density at radius 2 is 1.78 bits per heavy atom. The largest absolute Gasteiger partial charge is 0.496 e. The maximum atomic E-state index is 5.95. The summed E-state index contributed by atoms with van der Waals surface area (Å²) >= 11 is 0. The maximum Gasteiger partial charge on any atom is 0.193 e. The van der Waals surface area contributed by atoms with Crippen molar-refractivity contribution in [1.29, 1.82) is 0 Å². The third-order valence-corrected chi connectivity index (χ3v) is 3.93. The predicted octanol–water partition coefficient (Wildman–Crippen LogP) is 3.59. The molecule has 0 saturated heterocycles. The number of nitrogens with two attached hydrogens (primary N) is 1. The van der Waals surface area contributed by atoms with E-state index in [2.05, 4.69) is 54.5 Å². The van der Waals surface area contributed by atoms with E-state index in [1.165, 1.54) is 16.7 Å². The standard InChI is InChI=1S/C19H25N3O/c1-13-6-8-17(11-15(13)3)22-19(20)21-10-9-16-7-5-14(2)18(12-16)23-4/h5-8,11-12H,9-10H2,1-4H3,(H3,20,21,22). The van der Waals surface area contributed by atoms with E-state index < -0.39 is 0 Å². The van der Waals surface area contributed by atoms with Crippen LogP contribution in [0.5, 0.6) is 5.75 Å². The summed E-state index contributed by atoms with van der Waals surface area (Å²) in [6, 6.07) is 12.4. The van der Waals surface area contributed by atoms with E-state index in [1.807, 2.05) is 13.0 Å². The Hall–Kier alpha value is -2.49. The molecule has 0 saturated carbocycles. The summed E-state index contributed by atoms with van der Waals surface area (Å²) in [5.74, 6) is 1.35. The van der Waals surface area contributed by atoms with Gasteiger partial charge in [-0.25, -0.2) is 0 Å². The van der Waals surface area contributed by atoms with Crippen LogP contribution in [0.15, 0.2) is 41.4 Å². The van der Waals surface area contributed by atoms with Crippen molar-refractivity contribution in [1.82, 2.24) is 0 Å². The summed E-state index contributed by atoms with van der Waals surface area (Å²) < 4.78 is 5.34. The van der Waals surface area contributed by atoms with Crippen molar-refractivity contribution in [2.75, 3.05) is 19.0 Å². The lowest BCUT2D eigenvalue weighted by atomic mass is 10.1. The molecule has 3 N–H and O–H groups in total. The molecule has 0 amide bonds. The summed E-state index contributed by atoms with van der Waals surface area (Å²) in [4.78, 5) is 4.39. The second-order valence-electron chi connectivity index (χ2n) is 5.74. The van der Waals surface area contributed by atoms with Crippen LogP contribution in [-0.2, 0) is 6.42 Å². The van der Waals surface area contributed by atoms with Gasteiger partial charge in [-0.2, -0.15) is 0 Å². The number of guanidine groups is 1. The number of nitrogens with zero attached hydrogens (tertiary/aromatic N) is 1. The molecule has 0 atom stereocenters. The Bertz CT molecular complexity index is 708. The van der Waals surface area contributed by atoms with Gasteiger partial charge in [0.25, 0.3) is 0 Å². The molecule has 0 aromatic heterocycles. The average molecular weight is 311 g/mol. The van der Waals surface area contributed by atoms with Gasteiger partial charge in [0.15, 0.2) is 5.96 Å². The number of aryl methyl sites for hydroxylation is 3. The highest BCUT2D eigenvalue weighted by Gasteiger charge is 2.01. The monoisotopic (exact) mass is 311 g/mol. The molecule has 2 rings (SSSR count). The first kappa shape index (κ1) is 16.9. The number of nitrogens with one attached hydrogen (secondary N) is 1. The van der Waals surface area contributed by atoms with E-state index in [4.69, 9.17) is 10.5 Å². The Labute approximate surface area is 138 Å². The van der Waals surface area contributed by atoms with E-state index in [1.54, 1.807) is 7.11 Å². The molecule has 0 aliphatic heterocycles. The van der Waals surface area contributed by atoms with Crippen molar-refractivity contribution in [3.05, 3.63) is 58.7 Å². The van der Waals surface area contributed by atoms with Gasteiger partial charge < -0.3 is 15.8 Å². The Morgan fingerprint density at radius 3 is 2.48 bits per heavy atom. The molecule has 2 aromatic rings. The molecule has 122 valence electrons. The average Bonchev–Trinajstić information content (AvgIpc) is 2.52. The van der Waals surface area contributed by atoms with Gasteiger partial charge >= 0.3 is 0 Å². The van der Waals surface area contributed by atoms with Crippen LogP contribution in [-0.4, -0.2) is 19.6 Å². The van der Waals surface area contributed by atoms with Crippen molar-refractivity contribution in [3.8, 4) is 5.75 Å². The number of benzene rings is 2. The molecule has 0 heterocycles. The minimum absolute atomic E-state index is 0.437. The van der Waals surface area contributed by atoms with E-state index in [9.17, 15) is 0 Å². The number of aliphatic imine (C=N–C) groups is 1. The predicted molar refractivity (Wildman–Crippen MR) is 97.5 cm³/mol. The molecule has 4 heteroatoms. The van der Waals surface area contributed by atoms with Crippen molar-refractivity contribution in [2.24, 2.45) is 10.7 Å². The van der Waals surface area contributed by atoms with Crippen LogP contribution in [0.1, 0.15) is 22.3 Å². The van der Waals surface area contributed by atoms with Crippen LogP contribution in [0.4, 0.5) is 5.69 Å². The lowest BCUT2D eigenvalue weighted by Gasteiger charge is -2.09. The first-order chi connectivity index (χ1) is 11.0. The second kappa shape index (κ2) is 7.68. The number of rotatable bonds is 5. The molecule has 23 heavy (non-hydrogen) atoms. The molecule has 0 aliphatic carbocycles. The third-order valence-electron chi connectivity index (χ3n) is 3.93. The van der Waals surface area contributed by atoms with Crippen LogP contribution in [0.3, 0.4) is 0 Å². The smallest absolute Gasteiger partial charge is 0.193 e. The molecular formula is C19H25N3O. The number of methoxy groups -OCH3 is 1. The summed E-state index contributed by atoms with van der Waals surface area (Å²) in [6.07, 6.45) is 0.825. The fourth-order valence-corrected chi connectivity index (χ4v) is 2.33. The highest BCUT2D eigenvalue weighted by Crippen LogP contribution is 2.19. The van der Waals surface area contributed by atoms with Crippen LogP contribution in [0, 0.1) is 20.8 Å². The highest BCUT2D eigenvalue weighted by molar-refractivity contribution is 5.92. The molecule has 0 spiro atoms. The molecule has 0 radical (unpaired) electrons. The summed E-state index contributed by atoms with van der Waals surface area (Å²) in [6.45, 7) is 6.84. The van der Waals surface area contributed by atoms with E-state index in [0.717, 1.165) is 23.4 Å². The van der Waals surface area contributed by atoms with Gasteiger partial charge in [0.1, 0.15) is 5.75 Å². The van der Waals surface area contributed by atoms with Gasteiger partial charge in [-0.15, -0.1) is 0 Å². The van der Waals surface area contributed by atoms with Crippen molar-refractivity contribution in [2.45, 2.75) is 27.2 Å². The van der Waals surface area contributed by atoms with Gasteiger partial charge in [-0.05, 0) is 67.6 Å². The Balaban J connectivity index is 1.93. The molecule has 0 aliphatic rings. The van der Waals surface area contributed by atoms with Crippen molar-refractivity contribution < 1.29 is 4.74 Å². The van der Waals surface area contributed by atoms with E-state index in [0.29, 0.717) is 12.5 Å². The molecule has 4 nitrogen and oxygen atoms in total. The molecule has 2 aromatic carbocycles. The molecule has 0 fully saturated rings. The normalized spacial score (nSPS) is 11.4. The van der Waals surface area contributed by atoms with Gasteiger partial charge in [0.05, 0.1) is 7.11 Å². The van der Waals surface area contributed by atoms with Crippen LogP contribution in [0.2, 0.25) is 0 Å². The van der Waals surface area contributed by atoms with Gasteiger partial charge in [-0.3, -0.25) is 4.99 Å². The topological polar surface area (TPSA) is 59.6 Å². The zero-order chi connectivity index (χ0) is 16.8. The summed E-state index contributed by atoms with van der Waals surface area (Å²) in [7, 11) is 1.69. The number of hydrogen-bond acceptors (Lipinski definition) is 2. The summed E-state index contributed by atoms with van der Waals surface area (Å²) in [5.41, 5.74) is 11.7. The zero-order valence-corrected chi connectivity index (χ0v) is 14.3. The maximum absolute atomic E-state index is 5.95. The van der Waals surface area contributed by atoms with Crippen molar-refractivity contribution in [3.63, 3.8) is 0 Å². The second-order valence-corrected chi connectivity index (χ2v) is 5.74. The molecule has 0 bridgehead atoms. The van der Waals surface area contributed by atoms with Crippen LogP contribution in [0.25, 0.3) is 0 Å².